The summed E-state index contributed by atoms with van der Waals surface area (Å²) in [5, 5.41) is 12.4. The molecule has 1 N–H and O–H groups in total. The summed E-state index contributed by atoms with van der Waals surface area (Å²) in [6.45, 7) is 12.6. The largest absolute Gasteiger partial charge is 0.543 e. The van der Waals surface area contributed by atoms with Crippen molar-refractivity contribution < 1.29 is 23.7 Å². The molecular formula is C27H44NO4P+2. The van der Waals surface area contributed by atoms with Crippen molar-refractivity contribution in [1.29, 1.82) is 0 Å². The van der Waals surface area contributed by atoms with E-state index in [9.17, 15) is 14.6 Å². The SMILES string of the molecule is CO[P+](=O)C1=CC2=CC[C@H]3[C@@H]4CC[C@H](C(=O)[N+](O)(C(C)C)C(C)C)[C@@]4(C)CC[C@@H]3[C@@]2(C)CC1. The molecular weight excluding hydrogens is 433 g/mol. The van der Waals surface area contributed by atoms with Crippen LogP contribution in [0.5, 0.6) is 0 Å². The highest BCUT2D eigenvalue weighted by Gasteiger charge is 2.63. The van der Waals surface area contributed by atoms with Gasteiger partial charge < -0.3 is 0 Å². The van der Waals surface area contributed by atoms with E-state index in [0.717, 1.165) is 50.3 Å². The highest BCUT2D eigenvalue weighted by atomic mass is 31.1. The number of carbonyl (C=O) groups excluding carboxylic acids is 1. The van der Waals surface area contributed by atoms with Crippen molar-refractivity contribution in [2.75, 3.05) is 7.11 Å². The predicted molar refractivity (Wildman–Crippen MR) is 131 cm³/mol. The van der Waals surface area contributed by atoms with Gasteiger partial charge in [-0.3, -0.25) is 0 Å². The molecule has 0 bridgehead atoms. The Bertz CT molecular complexity index is 885. The Morgan fingerprint density at radius 2 is 1.79 bits per heavy atom. The van der Waals surface area contributed by atoms with Gasteiger partial charge in [-0.25, -0.2) is 10.0 Å². The van der Waals surface area contributed by atoms with Crippen molar-refractivity contribution in [3.05, 3.63) is 23.0 Å². The number of fused-ring (bicyclic) bond motifs is 5. The molecule has 0 radical (unpaired) electrons. The molecule has 7 atom stereocenters. The number of hydroxylamine groups is 3. The Morgan fingerprint density at radius 1 is 1.12 bits per heavy atom. The summed E-state index contributed by atoms with van der Waals surface area (Å²) in [6.07, 6.45) is 11.6. The Kier molecular flexibility index (Phi) is 6.62. The van der Waals surface area contributed by atoms with Gasteiger partial charge in [0.25, 0.3) is 0 Å². The maximum absolute atomic E-state index is 13.9. The Morgan fingerprint density at radius 3 is 2.39 bits per heavy atom. The summed E-state index contributed by atoms with van der Waals surface area (Å²) in [6, 6.07) is -0.283. The number of carbonyl (C=O) groups is 1. The molecule has 5 nitrogen and oxygen atoms in total. The molecule has 1 amide bonds. The minimum Gasteiger partial charge on any atom is -0.227 e. The van der Waals surface area contributed by atoms with Crippen molar-refractivity contribution in [2.24, 2.45) is 34.5 Å². The highest BCUT2D eigenvalue weighted by molar-refractivity contribution is 7.44. The van der Waals surface area contributed by atoms with Crippen LogP contribution in [0.1, 0.15) is 86.5 Å². The average Bonchev–Trinajstić information content (AvgIpc) is 3.13. The van der Waals surface area contributed by atoms with E-state index in [1.807, 2.05) is 27.7 Å². The van der Waals surface area contributed by atoms with E-state index < -0.39 is 12.7 Å². The maximum Gasteiger partial charge on any atom is 0.543 e. The quantitative estimate of drug-likeness (QED) is 0.200. The zero-order chi connectivity index (χ0) is 24.3. The van der Waals surface area contributed by atoms with Crippen LogP contribution in [0.25, 0.3) is 0 Å². The minimum absolute atomic E-state index is 0.0367. The number of nitrogens with zero attached hydrogens (tertiary/aromatic N) is 1. The number of quaternary nitrogens is 1. The fraction of sp³-hybridized carbons (Fsp3) is 0.815. The summed E-state index contributed by atoms with van der Waals surface area (Å²) in [4.78, 5) is 13.9. The van der Waals surface area contributed by atoms with Crippen LogP contribution in [0.4, 0.5) is 0 Å². The lowest BCUT2D eigenvalue weighted by Gasteiger charge is -2.56. The van der Waals surface area contributed by atoms with Gasteiger partial charge in [0.1, 0.15) is 12.1 Å². The molecule has 0 aromatic carbocycles. The molecule has 0 spiro atoms. The van der Waals surface area contributed by atoms with Crippen LogP contribution in [-0.4, -0.2) is 35.0 Å². The molecule has 2 fully saturated rings. The molecule has 0 aliphatic heterocycles. The molecule has 4 aliphatic carbocycles. The van der Waals surface area contributed by atoms with E-state index >= 15 is 0 Å². The van der Waals surface area contributed by atoms with Gasteiger partial charge >= 0.3 is 13.9 Å². The topological polar surface area (TPSA) is 63.6 Å². The van der Waals surface area contributed by atoms with Crippen LogP contribution in [0.2, 0.25) is 0 Å². The third kappa shape index (κ3) is 3.64. The van der Waals surface area contributed by atoms with Crippen LogP contribution >= 0.6 is 8.03 Å². The monoisotopic (exact) mass is 477 g/mol. The lowest BCUT2D eigenvalue weighted by Crippen LogP contribution is -2.63. The molecule has 0 heterocycles. The number of allylic oxidation sites excluding steroid dienone is 4. The van der Waals surface area contributed by atoms with Crippen molar-refractivity contribution in [1.82, 2.24) is 0 Å². The van der Waals surface area contributed by atoms with Crippen molar-refractivity contribution >= 4 is 13.9 Å². The van der Waals surface area contributed by atoms with E-state index in [-0.39, 0.29) is 34.7 Å². The first kappa shape index (κ1) is 25.2. The molecule has 184 valence electrons. The Hall–Kier alpha value is -0.870. The molecule has 0 aromatic heterocycles. The van der Waals surface area contributed by atoms with E-state index in [0.29, 0.717) is 17.8 Å². The third-order valence-corrected chi connectivity index (χ3v) is 11.5. The molecule has 4 aliphatic rings. The second-order valence-corrected chi connectivity index (χ2v) is 13.7. The summed E-state index contributed by atoms with van der Waals surface area (Å²) in [7, 11) is -0.191. The second-order valence-electron chi connectivity index (χ2n) is 12.2. The highest BCUT2D eigenvalue weighted by Crippen LogP contribution is 2.67. The molecule has 0 saturated heterocycles. The standard InChI is InChI=1S/C27H44NO4P/c1-17(2)28(30,18(3)4)25(29)24-11-10-22-21-9-8-19-16-20(33(31)32-7)12-14-26(19,5)23(21)13-15-27(22,24)6/h8,16-18,21-24,30H,9-15H2,1-7H3/q+2/t21-,22-,23-,24+,26-,27-/m0/s1. The molecule has 1 unspecified atom stereocenters. The van der Waals surface area contributed by atoms with Gasteiger partial charge in [-0.2, -0.15) is 0 Å². The fourth-order valence-corrected chi connectivity index (χ4v) is 9.11. The van der Waals surface area contributed by atoms with Crippen LogP contribution in [-0.2, 0) is 13.9 Å². The maximum atomic E-state index is 13.9. The summed E-state index contributed by atoms with van der Waals surface area (Å²) in [5.41, 5.74) is 1.43. The number of amides is 1. The van der Waals surface area contributed by atoms with Crippen molar-refractivity contribution in [3.8, 4) is 0 Å². The number of hydrogen-bond acceptors (Lipinski definition) is 4. The summed E-state index contributed by atoms with van der Waals surface area (Å²) >= 11 is 0. The van der Waals surface area contributed by atoms with E-state index in [1.165, 1.54) is 12.7 Å². The molecule has 2 saturated carbocycles. The second kappa shape index (κ2) is 8.66. The molecule has 4 rings (SSSR count). The minimum atomic E-state index is -1.72. The van der Waals surface area contributed by atoms with Crippen LogP contribution in [0, 0.1) is 34.5 Å². The van der Waals surface area contributed by atoms with E-state index in [1.54, 1.807) is 0 Å². The molecule has 33 heavy (non-hydrogen) atoms. The predicted octanol–water partition coefficient (Wildman–Crippen LogP) is 7.00. The first-order chi connectivity index (χ1) is 15.4. The smallest absolute Gasteiger partial charge is 0.227 e. The van der Waals surface area contributed by atoms with Gasteiger partial charge in [0.2, 0.25) is 5.31 Å². The van der Waals surface area contributed by atoms with Gasteiger partial charge in [0, 0.05) is 6.42 Å². The zero-order valence-corrected chi connectivity index (χ0v) is 22.5. The lowest BCUT2D eigenvalue weighted by molar-refractivity contribution is -1.07. The number of rotatable bonds is 5. The van der Waals surface area contributed by atoms with Crippen molar-refractivity contribution in [2.45, 2.75) is 98.6 Å². The molecule has 6 heteroatoms. The average molecular weight is 478 g/mol. The fourth-order valence-electron chi connectivity index (χ4n) is 8.33. The Labute approximate surface area is 201 Å². The molecule has 0 aromatic rings. The first-order valence-corrected chi connectivity index (χ1v) is 14.2. The van der Waals surface area contributed by atoms with Gasteiger partial charge in [-0.05, 0) is 111 Å². The third-order valence-electron chi connectivity index (χ3n) is 10.4. The van der Waals surface area contributed by atoms with Crippen LogP contribution in [0.3, 0.4) is 0 Å². The lowest BCUT2D eigenvalue weighted by atomic mass is 9.48. The first-order valence-electron chi connectivity index (χ1n) is 13.0. The summed E-state index contributed by atoms with van der Waals surface area (Å²) in [5.74, 6) is 1.68. The number of hydrogen-bond donors (Lipinski definition) is 1. The van der Waals surface area contributed by atoms with Gasteiger partial charge in [0.15, 0.2) is 0 Å². The van der Waals surface area contributed by atoms with Crippen molar-refractivity contribution in [3.63, 3.8) is 0 Å². The van der Waals surface area contributed by atoms with E-state index in [2.05, 4.69) is 26.0 Å². The van der Waals surface area contributed by atoms with Gasteiger partial charge in [-0.15, -0.1) is 9.17 Å². The van der Waals surface area contributed by atoms with E-state index in [4.69, 9.17) is 4.52 Å². The zero-order valence-electron chi connectivity index (χ0n) is 21.6. The Balaban J connectivity index is 1.63. The van der Waals surface area contributed by atoms with Gasteiger partial charge in [-0.1, -0.05) is 19.9 Å². The van der Waals surface area contributed by atoms with Crippen LogP contribution in [0.15, 0.2) is 23.0 Å². The van der Waals surface area contributed by atoms with Gasteiger partial charge in [0.05, 0.1) is 13.0 Å². The summed E-state index contributed by atoms with van der Waals surface area (Å²) < 4.78 is 17.0. The van der Waals surface area contributed by atoms with Crippen LogP contribution < -0.4 is 0 Å². The normalized spacial score (nSPS) is 38.9.